The first-order valence-corrected chi connectivity index (χ1v) is 14.7. The summed E-state index contributed by atoms with van der Waals surface area (Å²) in [6, 6.07) is 26.0. The minimum absolute atomic E-state index is 0.191. The molecule has 0 spiro atoms. The highest BCUT2D eigenvalue weighted by atomic mass is 19.1. The van der Waals surface area contributed by atoms with Crippen LogP contribution >= 0.6 is 0 Å². The molecule has 0 saturated carbocycles. The number of nitrogens with one attached hydrogen (secondary N) is 2. The highest BCUT2D eigenvalue weighted by Crippen LogP contribution is 2.36. The highest BCUT2D eigenvalue weighted by molar-refractivity contribution is 6.05. The van der Waals surface area contributed by atoms with Gasteiger partial charge in [0.1, 0.15) is 18.2 Å². The second-order valence-corrected chi connectivity index (χ2v) is 11.0. The quantitative estimate of drug-likeness (QED) is 0.192. The van der Waals surface area contributed by atoms with Gasteiger partial charge in [-0.15, -0.1) is 0 Å². The summed E-state index contributed by atoms with van der Waals surface area (Å²) < 4.78 is 26.3. The second kappa shape index (κ2) is 13.1. The molecule has 5 aromatic rings. The van der Waals surface area contributed by atoms with Gasteiger partial charge in [-0.05, 0) is 61.4 Å². The minimum atomic E-state index is -0.460. The molecule has 2 N–H and O–H groups in total. The average molecular weight is 592 g/mol. The van der Waals surface area contributed by atoms with E-state index in [4.69, 9.17) is 14.5 Å². The first-order valence-electron chi connectivity index (χ1n) is 14.7. The van der Waals surface area contributed by atoms with Crippen LogP contribution in [-0.4, -0.2) is 48.2 Å². The van der Waals surface area contributed by atoms with E-state index < -0.39 is 11.7 Å². The van der Waals surface area contributed by atoms with Gasteiger partial charge in [0.25, 0.3) is 5.91 Å². The third-order valence-electron chi connectivity index (χ3n) is 7.29. The van der Waals surface area contributed by atoms with Gasteiger partial charge in [0.2, 0.25) is 5.95 Å². The topological polar surface area (TPSA) is 88.6 Å². The fourth-order valence-corrected chi connectivity index (χ4v) is 5.14. The van der Waals surface area contributed by atoms with E-state index in [-0.39, 0.29) is 11.6 Å². The lowest BCUT2D eigenvalue weighted by molar-refractivity contribution is 0.102. The number of carbonyl (C=O) groups is 1. The van der Waals surface area contributed by atoms with Gasteiger partial charge in [-0.2, -0.15) is 0 Å². The van der Waals surface area contributed by atoms with Gasteiger partial charge >= 0.3 is 0 Å². The molecule has 2 heterocycles. The molecule has 4 aromatic carbocycles. The molecule has 0 unspecified atom stereocenters. The van der Waals surface area contributed by atoms with Crippen LogP contribution in [0, 0.1) is 5.82 Å². The van der Waals surface area contributed by atoms with Crippen LogP contribution in [0.4, 0.5) is 21.7 Å². The van der Waals surface area contributed by atoms with Crippen LogP contribution in [0.1, 0.15) is 29.8 Å². The molecule has 0 radical (unpaired) electrons. The highest BCUT2D eigenvalue weighted by Gasteiger charge is 2.17. The number of amides is 1. The van der Waals surface area contributed by atoms with Gasteiger partial charge in [0, 0.05) is 59.3 Å². The number of anilines is 3. The van der Waals surface area contributed by atoms with Crippen LogP contribution < -0.4 is 20.3 Å². The molecule has 1 aromatic heterocycles. The zero-order valence-corrected chi connectivity index (χ0v) is 24.7. The van der Waals surface area contributed by atoms with Gasteiger partial charge < -0.3 is 25.0 Å². The van der Waals surface area contributed by atoms with E-state index in [0.29, 0.717) is 56.0 Å². The third kappa shape index (κ3) is 6.95. The standard InChI is InChI=1S/C35H34FN5O3/c1-23(2)38-35-37-21-27-18-31(33(20-32(27)40-35)44-22-24-7-4-3-5-8-24)25-9-6-10-29(16-25)39-34(42)26-15-28(36)19-30(17-26)41-11-13-43-14-12-41/h3-10,15-21,23H,11-14,22H2,1-2H3,(H,39,42)(H,37,38,40). The maximum Gasteiger partial charge on any atom is 0.255 e. The number of aromatic nitrogens is 2. The Morgan fingerprint density at radius 3 is 2.61 bits per heavy atom. The van der Waals surface area contributed by atoms with Gasteiger partial charge in [0.15, 0.2) is 0 Å². The molecule has 1 fully saturated rings. The summed E-state index contributed by atoms with van der Waals surface area (Å²) in [7, 11) is 0. The van der Waals surface area contributed by atoms with E-state index in [1.165, 1.54) is 12.1 Å². The minimum Gasteiger partial charge on any atom is -0.488 e. The van der Waals surface area contributed by atoms with Crippen molar-refractivity contribution in [3.05, 3.63) is 108 Å². The van der Waals surface area contributed by atoms with Crippen molar-refractivity contribution < 1.29 is 18.7 Å². The monoisotopic (exact) mass is 591 g/mol. The number of rotatable bonds is 9. The molecule has 9 heteroatoms. The molecule has 1 aliphatic rings. The van der Waals surface area contributed by atoms with Gasteiger partial charge in [-0.3, -0.25) is 4.79 Å². The van der Waals surface area contributed by atoms with Crippen molar-refractivity contribution in [3.8, 4) is 16.9 Å². The molecule has 8 nitrogen and oxygen atoms in total. The van der Waals surface area contributed by atoms with E-state index in [2.05, 4.69) is 15.6 Å². The lowest BCUT2D eigenvalue weighted by atomic mass is 10.0. The Kier molecular flexibility index (Phi) is 8.65. The predicted molar refractivity (Wildman–Crippen MR) is 172 cm³/mol. The Balaban J connectivity index is 1.30. The Labute approximate surface area is 255 Å². The Morgan fingerprint density at radius 1 is 1.00 bits per heavy atom. The smallest absolute Gasteiger partial charge is 0.255 e. The number of carbonyl (C=O) groups excluding carboxylic acids is 1. The molecule has 6 rings (SSSR count). The number of benzene rings is 4. The summed E-state index contributed by atoms with van der Waals surface area (Å²) in [5, 5.41) is 7.05. The number of fused-ring (bicyclic) bond motifs is 1. The summed E-state index contributed by atoms with van der Waals surface area (Å²) in [4.78, 5) is 24.5. The zero-order valence-electron chi connectivity index (χ0n) is 24.7. The summed E-state index contributed by atoms with van der Waals surface area (Å²) in [6.45, 7) is 6.88. The number of nitrogens with zero attached hydrogens (tertiary/aromatic N) is 3. The van der Waals surface area contributed by atoms with E-state index >= 15 is 0 Å². The maximum atomic E-state index is 14.6. The molecule has 0 atom stereocenters. The molecular formula is C35H34FN5O3. The number of halogens is 1. The molecule has 0 aliphatic carbocycles. The van der Waals surface area contributed by atoms with E-state index in [0.717, 1.165) is 27.6 Å². The molecule has 1 saturated heterocycles. The van der Waals surface area contributed by atoms with Crippen molar-refractivity contribution in [1.29, 1.82) is 0 Å². The summed E-state index contributed by atoms with van der Waals surface area (Å²) in [5.41, 5.74) is 4.95. The Bertz CT molecular complexity index is 1770. The van der Waals surface area contributed by atoms with E-state index in [9.17, 15) is 9.18 Å². The number of ether oxygens (including phenoxy) is 2. The van der Waals surface area contributed by atoms with Crippen molar-refractivity contribution in [2.75, 3.05) is 41.8 Å². The predicted octanol–water partition coefficient (Wildman–Crippen LogP) is 6.92. The van der Waals surface area contributed by atoms with E-state index in [1.807, 2.05) is 85.5 Å². The number of hydrogen-bond acceptors (Lipinski definition) is 7. The molecule has 224 valence electrons. The lowest BCUT2D eigenvalue weighted by Gasteiger charge is -2.29. The van der Waals surface area contributed by atoms with E-state index in [1.54, 1.807) is 12.3 Å². The van der Waals surface area contributed by atoms with Gasteiger partial charge in [-0.25, -0.2) is 14.4 Å². The van der Waals surface area contributed by atoms with Gasteiger partial charge in [0.05, 0.1) is 18.7 Å². The fourth-order valence-electron chi connectivity index (χ4n) is 5.14. The van der Waals surface area contributed by atoms with Crippen LogP contribution in [0.3, 0.4) is 0 Å². The first-order chi connectivity index (χ1) is 21.4. The molecule has 1 amide bonds. The van der Waals surface area contributed by atoms with Gasteiger partial charge in [-0.1, -0.05) is 42.5 Å². The third-order valence-corrected chi connectivity index (χ3v) is 7.29. The van der Waals surface area contributed by atoms with Crippen LogP contribution in [0.5, 0.6) is 5.75 Å². The first kappa shape index (κ1) is 29.1. The zero-order chi connectivity index (χ0) is 30.5. The Morgan fingerprint density at radius 2 is 1.82 bits per heavy atom. The van der Waals surface area contributed by atoms with Crippen molar-refractivity contribution in [2.45, 2.75) is 26.5 Å². The molecular weight excluding hydrogens is 557 g/mol. The molecule has 0 bridgehead atoms. The molecule has 1 aliphatic heterocycles. The van der Waals surface area contributed by atoms with Crippen molar-refractivity contribution in [1.82, 2.24) is 9.97 Å². The number of hydrogen-bond donors (Lipinski definition) is 2. The average Bonchev–Trinajstić information content (AvgIpc) is 3.04. The molecule has 44 heavy (non-hydrogen) atoms. The normalized spacial score (nSPS) is 13.2. The van der Waals surface area contributed by atoms with Crippen LogP contribution in [-0.2, 0) is 11.3 Å². The van der Waals surface area contributed by atoms with Crippen LogP contribution in [0.15, 0.2) is 91.1 Å². The van der Waals surface area contributed by atoms with Crippen molar-refractivity contribution >= 4 is 34.1 Å². The van der Waals surface area contributed by atoms with Crippen LogP contribution in [0.25, 0.3) is 22.0 Å². The maximum absolute atomic E-state index is 14.6. The SMILES string of the molecule is CC(C)Nc1ncc2cc(-c3cccc(NC(=O)c4cc(F)cc(N5CCOCC5)c4)c3)c(OCc3ccccc3)cc2n1. The summed E-state index contributed by atoms with van der Waals surface area (Å²) in [6.07, 6.45) is 1.79. The largest absolute Gasteiger partial charge is 0.488 e. The fraction of sp³-hybridized carbons (Fsp3) is 0.229. The summed E-state index contributed by atoms with van der Waals surface area (Å²) in [5.74, 6) is 0.347. The van der Waals surface area contributed by atoms with Crippen molar-refractivity contribution in [2.24, 2.45) is 0 Å². The second-order valence-electron chi connectivity index (χ2n) is 11.0. The Hall–Kier alpha value is -5.02. The van der Waals surface area contributed by atoms with Crippen LogP contribution in [0.2, 0.25) is 0 Å². The summed E-state index contributed by atoms with van der Waals surface area (Å²) >= 11 is 0. The van der Waals surface area contributed by atoms with Crippen molar-refractivity contribution in [3.63, 3.8) is 0 Å². The number of morpholine rings is 1. The lowest BCUT2D eigenvalue weighted by Crippen LogP contribution is -2.36.